The van der Waals surface area contributed by atoms with Crippen molar-refractivity contribution in [1.29, 1.82) is 10.5 Å². The fourth-order valence-electron chi connectivity index (χ4n) is 3.58. The minimum absolute atomic E-state index is 0.0600. The average Bonchev–Trinajstić information content (AvgIpc) is 2.75. The number of amides is 1. The highest BCUT2D eigenvalue weighted by Crippen LogP contribution is 2.59. The molecule has 2 N–H and O–H groups in total. The standard InChI is InChI=1S/C16H12N4O2/c17-8-15-7-11(21)6-12(10-4-2-1-3-5-10)16(15,9-18)13(19)20-14(15)22/h1-5,12H,6-7H2,(H2,19,20,22). The highest BCUT2D eigenvalue weighted by molar-refractivity contribution is 6.14. The third-order valence-corrected chi connectivity index (χ3v) is 4.65. The average molecular weight is 292 g/mol. The minimum atomic E-state index is -1.82. The number of rotatable bonds is 1. The Hall–Kier alpha value is -2.99. The molecule has 22 heavy (non-hydrogen) atoms. The SMILES string of the molecule is N#CC12CC(=O)CC(c3ccccc3)C1(C#N)C(N)=NC2=O. The van der Waals surface area contributed by atoms with Gasteiger partial charge in [0.25, 0.3) is 5.91 Å². The molecule has 0 aromatic heterocycles. The van der Waals surface area contributed by atoms with E-state index in [0.717, 1.165) is 0 Å². The number of ketones is 1. The number of carbonyl (C=O) groups excluding carboxylic acids is 2. The molecule has 3 rings (SSSR count). The fourth-order valence-corrected chi connectivity index (χ4v) is 3.58. The van der Waals surface area contributed by atoms with Gasteiger partial charge in [-0.15, -0.1) is 0 Å². The molecule has 3 unspecified atom stereocenters. The highest BCUT2D eigenvalue weighted by atomic mass is 16.2. The largest absolute Gasteiger partial charge is 0.386 e. The second-order valence-corrected chi connectivity index (χ2v) is 5.62. The molecule has 6 heteroatoms. The van der Waals surface area contributed by atoms with E-state index in [2.05, 4.69) is 11.1 Å². The van der Waals surface area contributed by atoms with Crippen LogP contribution < -0.4 is 5.73 Å². The summed E-state index contributed by atoms with van der Waals surface area (Å²) in [7, 11) is 0. The molecule has 1 fully saturated rings. The van der Waals surface area contributed by atoms with Gasteiger partial charge in [-0.2, -0.15) is 15.5 Å². The first kappa shape index (κ1) is 14.0. The number of carbonyl (C=O) groups is 2. The maximum Gasteiger partial charge on any atom is 0.270 e. The Balaban J connectivity index is 2.30. The molecule has 3 atom stereocenters. The van der Waals surface area contributed by atoms with E-state index >= 15 is 0 Å². The second kappa shape index (κ2) is 4.51. The third-order valence-electron chi connectivity index (χ3n) is 4.65. The first-order valence-corrected chi connectivity index (χ1v) is 6.80. The lowest BCUT2D eigenvalue weighted by atomic mass is 9.51. The summed E-state index contributed by atoms with van der Waals surface area (Å²) in [5.74, 6) is -1.85. The zero-order chi connectivity index (χ0) is 16.0. The van der Waals surface area contributed by atoms with Gasteiger partial charge in [0.05, 0.1) is 12.1 Å². The highest BCUT2D eigenvalue weighted by Gasteiger charge is 2.71. The molecule has 6 nitrogen and oxygen atoms in total. The Labute approximate surface area is 126 Å². The summed E-state index contributed by atoms with van der Waals surface area (Å²) in [6, 6.07) is 12.9. The van der Waals surface area contributed by atoms with Gasteiger partial charge in [-0.25, -0.2) is 0 Å². The molecule has 1 aliphatic heterocycles. The molecule has 1 heterocycles. The van der Waals surface area contributed by atoms with E-state index in [-0.39, 0.29) is 24.5 Å². The van der Waals surface area contributed by atoms with Crippen LogP contribution >= 0.6 is 0 Å². The van der Waals surface area contributed by atoms with Crippen molar-refractivity contribution in [2.24, 2.45) is 21.6 Å². The summed E-state index contributed by atoms with van der Waals surface area (Å²) in [6.45, 7) is 0. The van der Waals surface area contributed by atoms with E-state index in [4.69, 9.17) is 5.73 Å². The number of nitrogens with two attached hydrogens (primary N) is 1. The number of nitrogens with zero attached hydrogens (tertiary/aromatic N) is 3. The minimum Gasteiger partial charge on any atom is -0.386 e. The number of benzene rings is 1. The Morgan fingerprint density at radius 3 is 2.45 bits per heavy atom. The molecule has 1 aromatic carbocycles. The van der Waals surface area contributed by atoms with Crippen molar-refractivity contribution in [3.05, 3.63) is 35.9 Å². The van der Waals surface area contributed by atoms with E-state index in [1.807, 2.05) is 12.1 Å². The Morgan fingerprint density at radius 2 is 1.86 bits per heavy atom. The molecule has 0 radical (unpaired) electrons. The number of nitriles is 2. The molecule has 1 aliphatic carbocycles. The molecule has 1 aromatic rings. The molecular formula is C16H12N4O2. The topological polar surface area (TPSA) is 120 Å². The van der Waals surface area contributed by atoms with Gasteiger partial charge in [-0.1, -0.05) is 30.3 Å². The lowest BCUT2D eigenvalue weighted by molar-refractivity contribution is -0.136. The summed E-state index contributed by atoms with van der Waals surface area (Å²) in [5, 5.41) is 19.4. The second-order valence-electron chi connectivity index (χ2n) is 5.62. The quantitative estimate of drug-likeness (QED) is 0.829. The number of amidine groups is 1. The van der Waals surface area contributed by atoms with Gasteiger partial charge >= 0.3 is 0 Å². The molecule has 1 saturated carbocycles. The van der Waals surface area contributed by atoms with Crippen molar-refractivity contribution < 1.29 is 9.59 Å². The molecule has 0 spiro atoms. The lowest BCUT2D eigenvalue weighted by Crippen LogP contribution is -2.55. The van der Waals surface area contributed by atoms with Crippen LogP contribution in [0.25, 0.3) is 0 Å². The lowest BCUT2D eigenvalue weighted by Gasteiger charge is -2.43. The van der Waals surface area contributed by atoms with Crippen molar-refractivity contribution >= 4 is 17.5 Å². The number of Topliss-reactive ketones (excluding diaryl/α,β-unsaturated/α-hetero) is 1. The normalized spacial score (nSPS) is 33.5. The Bertz CT molecular complexity index is 787. The molecule has 0 bridgehead atoms. The van der Waals surface area contributed by atoms with Crippen LogP contribution in [-0.4, -0.2) is 17.5 Å². The van der Waals surface area contributed by atoms with Crippen molar-refractivity contribution in [1.82, 2.24) is 0 Å². The predicted octanol–water partition coefficient (Wildman–Crippen LogP) is 1.05. The van der Waals surface area contributed by atoms with Gasteiger partial charge in [0.2, 0.25) is 0 Å². The van der Waals surface area contributed by atoms with Gasteiger partial charge in [0, 0.05) is 18.8 Å². The zero-order valence-corrected chi connectivity index (χ0v) is 11.6. The van der Waals surface area contributed by atoms with E-state index in [1.54, 1.807) is 24.3 Å². The number of fused-ring (bicyclic) bond motifs is 1. The Morgan fingerprint density at radius 1 is 1.18 bits per heavy atom. The van der Waals surface area contributed by atoms with Crippen molar-refractivity contribution in [2.75, 3.05) is 0 Å². The van der Waals surface area contributed by atoms with E-state index in [1.165, 1.54) is 0 Å². The van der Waals surface area contributed by atoms with Gasteiger partial charge in [-0.05, 0) is 5.56 Å². The van der Waals surface area contributed by atoms with E-state index in [9.17, 15) is 20.1 Å². The smallest absolute Gasteiger partial charge is 0.270 e. The van der Waals surface area contributed by atoms with Crippen molar-refractivity contribution in [3.63, 3.8) is 0 Å². The van der Waals surface area contributed by atoms with Crippen LogP contribution in [0.4, 0.5) is 0 Å². The van der Waals surface area contributed by atoms with Gasteiger partial charge in [-0.3, -0.25) is 9.59 Å². The predicted molar refractivity (Wildman–Crippen MR) is 76.1 cm³/mol. The number of aliphatic imine (C=N–C) groups is 1. The monoisotopic (exact) mass is 292 g/mol. The van der Waals surface area contributed by atoms with E-state index in [0.29, 0.717) is 5.56 Å². The van der Waals surface area contributed by atoms with Gasteiger partial charge < -0.3 is 5.73 Å². The van der Waals surface area contributed by atoms with Crippen molar-refractivity contribution in [3.8, 4) is 12.1 Å². The summed E-state index contributed by atoms with van der Waals surface area (Å²) < 4.78 is 0. The first-order valence-electron chi connectivity index (χ1n) is 6.80. The van der Waals surface area contributed by atoms with Gasteiger partial charge in [0.1, 0.15) is 17.0 Å². The van der Waals surface area contributed by atoms with Crippen LogP contribution in [0.5, 0.6) is 0 Å². The maximum atomic E-state index is 12.3. The summed E-state index contributed by atoms with van der Waals surface area (Å²) in [5.41, 5.74) is 3.20. The fraction of sp³-hybridized carbons (Fsp3) is 0.312. The van der Waals surface area contributed by atoms with Crippen LogP contribution in [0.2, 0.25) is 0 Å². The number of hydrogen-bond donors (Lipinski definition) is 1. The molecule has 1 amide bonds. The molecule has 108 valence electrons. The summed E-state index contributed by atoms with van der Waals surface area (Å²) in [6.07, 6.45) is -0.256. The molecule has 0 saturated heterocycles. The van der Waals surface area contributed by atoms with Crippen LogP contribution in [-0.2, 0) is 9.59 Å². The zero-order valence-electron chi connectivity index (χ0n) is 11.6. The summed E-state index contributed by atoms with van der Waals surface area (Å²) >= 11 is 0. The first-order chi connectivity index (χ1) is 10.5. The van der Waals surface area contributed by atoms with Crippen LogP contribution in [0.3, 0.4) is 0 Å². The molecular weight excluding hydrogens is 280 g/mol. The van der Waals surface area contributed by atoms with E-state index < -0.39 is 22.7 Å². The van der Waals surface area contributed by atoms with Crippen LogP contribution in [0, 0.1) is 33.5 Å². The van der Waals surface area contributed by atoms with Crippen molar-refractivity contribution in [2.45, 2.75) is 18.8 Å². The number of hydrogen-bond acceptors (Lipinski definition) is 5. The summed E-state index contributed by atoms with van der Waals surface area (Å²) in [4.78, 5) is 28.1. The Kier molecular flexibility index (Phi) is 2.86. The van der Waals surface area contributed by atoms with Gasteiger partial charge in [0.15, 0.2) is 5.41 Å². The maximum absolute atomic E-state index is 12.3. The molecule has 2 aliphatic rings. The van der Waals surface area contributed by atoms with Crippen LogP contribution in [0.15, 0.2) is 35.3 Å². The third kappa shape index (κ3) is 1.44. The van der Waals surface area contributed by atoms with Crippen LogP contribution in [0.1, 0.15) is 24.3 Å².